The van der Waals surface area contributed by atoms with Gasteiger partial charge < -0.3 is 15.8 Å². The molecule has 1 saturated carbocycles. The van der Waals surface area contributed by atoms with E-state index >= 15 is 0 Å². The third-order valence-electron chi connectivity index (χ3n) is 3.77. The minimum atomic E-state index is -0.562. The minimum Gasteiger partial charge on any atom is -0.465 e. The van der Waals surface area contributed by atoms with Crippen LogP contribution in [0.3, 0.4) is 0 Å². The summed E-state index contributed by atoms with van der Waals surface area (Å²) in [5.41, 5.74) is 6.50. The number of ether oxygens (including phenoxy) is 1. The van der Waals surface area contributed by atoms with Crippen LogP contribution in [0.5, 0.6) is 0 Å². The molecule has 0 heterocycles. The lowest BCUT2D eigenvalue weighted by Gasteiger charge is -2.45. The normalized spacial score (nSPS) is 23.9. The summed E-state index contributed by atoms with van der Waals surface area (Å²) in [4.78, 5) is 11.5. The summed E-state index contributed by atoms with van der Waals surface area (Å²) in [6, 6.07) is -0.132. The van der Waals surface area contributed by atoms with E-state index in [-0.39, 0.29) is 5.97 Å². The van der Waals surface area contributed by atoms with E-state index in [9.17, 15) is 4.79 Å². The Morgan fingerprint density at radius 1 is 1.32 bits per heavy atom. The zero-order chi connectivity index (χ0) is 14.7. The second kappa shape index (κ2) is 6.23. The molecule has 0 saturated heterocycles. The Kier molecular flexibility index (Phi) is 5.39. The molecular formula is C15H30N2O2. The molecule has 0 aromatic rings. The molecule has 4 heteroatoms. The van der Waals surface area contributed by atoms with Gasteiger partial charge in [-0.1, -0.05) is 27.7 Å². The van der Waals surface area contributed by atoms with Gasteiger partial charge in [0.1, 0.15) is 6.04 Å². The van der Waals surface area contributed by atoms with Crippen molar-refractivity contribution in [2.45, 2.75) is 66.0 Å². The highest BCUT2D eigenvalue weighted by molar-refractivity contribution is 5.75. The molecule has 1 aliphatic carbocycles. The molecular weight excluding hydrogens is 240 g/mol. The van der Waals surface area contributed by atoms with Crippen molar-refractivity contribution in [3.05, 3.63) is 0 Å². The van der Waals surface area contributed by atoms with Gasteiger partial charge in [0, 0.05) is 12.6 Å². The quantitative estimate of drug-likeness (QED) is 0.751. The van der Waals surface area contributed by atoms with Crippen LogP contribution in [0.1, 0.15) is 53.9 Å². The largest absolute Gasteiger partial charge is 0.465 e. The topological polar surface area (TPSA) is 64.3 Å². The highest BCUT2D eigenvalue weighted by atomic mass is 16.5. The molecule has 4 nitrogen and oxygen atoms in total. The minimum absolute atomic E-state index is 0.315. The van der Waals surface area contributed by atoms with Gasteiger partial charge in [-0.25, -0.2) is 0 Å². The third kappa shape index (κ3) is 5.49. The number of nitrogens with two attached hydrogens (primary N) is 1. The number of hydrogen-bond acceptors (Lipinski definition) is 4. The Labute approximate surface area is 117 Å². The van der Waals surface area contributed by atoms with Crippen molar-refractivity contribution < 1.29 is 9.53 Å². The molecule has 0 amide bonds. The Hall–Kier alpha value is -0.610. The summed E-state index contributed by atoms with van der Waals surface area (Å²) >= 11 is 0. The predicted molar refractivity (Wildman–Crippen MR) is 77.8 cm³/mol. The van der Waals surface area contributed by atoms with Gasteiger partial charge in [-0.3, -0.25) is 4.79 Å². The van der Waals surface area contributed by atoms with E-state index in [0.717, 1.165) is 12.8 Å². The Morgan fingerprint density at radius 3 is 2.32 bits per heavy atom. The van der Waals surface area contributed by atoms with Crippen LogP contribution in [-0.4, -0.2) is 31.2 Å². The number of esters is 1. The first-order chi connectivity index (χ1) is 8.65. The summed E-state index contributed by atoms with van der Waals surface area (Å²) in [6.07, 6.45) is 3.50. The van der Waals surface area contributed by atoms with Crippen molar-refractivity contribution in [1.82, 2.24) is 5.32 Å². The molecule has 1 unspecified atom stereocenters. The smallest absolute Gasteiger partial charge is 0.324 e. The number of hydrogen-bond donors (Lipinski definition) is 2. The number of carbonyl (C=O) groups is 1. The van der Waals surface area contributed by atoms with Gasteiger partial charge in [0.05, 0.1) is 6.61 Å². The van der Waals surface area contributed by atoms with Gasteiger partial charge in [0.2, 0.25) is 0 Å². The van der Waals surface area contributed by atoms with Crippen LogP contribution in [0.15, 0.2) is 0 Å². The molecule has 0 aromatic carbocycles. The molecule has 3 N–H and O–H groups in total. The van der Waals surface area contributed by atoms with E-state index in [1.807, 2.05) is 0 Å². The Morgan fingerprint density at radius 2 is 1.84 bits per heavy atom. The lowest BCUT2D eigenvalue weighted by Crippen LogP contribution is -2.49. The zero-order valence-electron chi connectivity index (χ0n) is 13.1. The van der Waals surface area contributed by atoms with E-state index in [4.69, 9.17) is 10.5 Å². The summed E-state index contributed by atoms with van der Waals surface area (Å²) in [6.45, 7) is 11.9. The van der Waals surface area contributed by atoms with Gasteiger partial charge in [-0.2, -0.15) is 0 Å². The van der Waals surface area contributed by atoms with Crippen LogP contribution < -0.4 is 11.1 Å². The molecule has 0 aliphatic heterocycles. The van der Waals surface area contributed by atoms with E-state index < -0.39 is 6.04 Å². The molecule has 1 atom stereocenters. The summed E-state index contributed by atoms with van der Waals surface area (Å²) in [5.74, 6) is -0.315. The van der Waals surface area contributed by atoms with Crippen LogP contribution in [0.4, 0.5) is 0 Å². The monoisotopic (exact) mass is 270 g/mol. The van der Waals surface area contributed by atoms with Crippen LogP contribution in [0.25, 0.3) is 0 Å². The average Bonchev–Trinajstić information content (AvgIpc) is 2.21. The molecule has 1 aliphatic rings. The van der Waals surface area contributed by atoms with E-state index in [1.165, 1.54) is 6.42 Å². The van der Waals surface area contributed by atoms with Crippen LogP contribution in [0, 0.1) is 10.8 Å². The molecule has 112 valence electrons. The zero-order valence-corrected chi connectivity index (χ0v) is 13.1. The summed E-state index contributed by atoms with van der Waals surface area (Å²) in [5, 5.41) is 3.45. The van der Waals surface area contributed by atoms with Crippen molar-refractivity contribution >= 4 is 5.97 Å². The van der Waals surface area contributed by atoms with E-state index in [0.29, 0.717) is 30.0 Å². The standard InChI is InChI=1S/C15H30N2O2/c1-6-19-13(18)12(16)9-17-11-7-14(2,3)10-15(4,5)8-11/h11-12,17H,6-10,16H2,1-5H3. The van der Waals surface area contributed by atoms with Crippen molar-refractivity contribution in [2.24, 2.45) is 16.6 Å². The van der Waals surface area contributed by atoms with E-state index in [1.54, 1.807) is 6.92 Å². The maximum atomic E-state index is 11.5. The van der Waals surface area contributed by atoms with Crippen LogP contribution >= 0.6 is 0 Å². The maximum Gasteiger partial charge on any atom is 0.324 e. The molecule has 1 rings (SSSR count). The molecule has 0 bridgehead atoms. The van der Waals surface area contributed by atoms with Gasteiger partial charge in [-0.15, -0.1) is 0 Å². The van der Waals surface area contributed by atoms with E-state index in [2.05, 4.69) is 33.0 Å². The summed E-state index contributed by atoms with van der Waals surface area (Å²) in [7, 11) is 0. The van der Waals surface area contributed by atoms with Gasteiger partial charge in [0.25, 0.3) is 0 Å². The maximum absolute atomic E-state index is 11.5. The lowest BCUT2D eigenvalue weighted by atomic mass is 9.63. The first-order valence-corrected chi connectivity index (χ1v) is 7.31. The van der Waals surface area contributed by atoms with Crippen LogP contribution in [-0.2, 0) is 9.53 Å². The SMILES string of the molecule is CCOC(=O)C(N)CNC1CC(C)(C)CC(C)(C)C1. The van der Waals surface area contributed by atoms with Gasteiger partial charge in [0.15, 0.2) is 0 Å². The predicted octanol–water partition coefficient (Wildman–Crippen LogP) is 2.07. The first kappa shape index (κ1) is 16.4. The van der Waals surface area contributed by atoms with Gasteiger partial charge >= 0.3 is 5.97 Å². The van der Waals surface area contributed by atoms with Crippen LogP contribution in [0.2, 0.25) is 0 Å². The van der Waals surface area contributed by atoms with Crippen molar-refractivity contribution in [3.63, 3.8) is 0 Å². The Balaban J connectivity index is 2.46. The van der Waals surface area contributed by atoms with Crippen molar-refractivity contribution in [1.29, 1.82) is 0 Å². The second-order valence-corrected chi connectivity index (χ2v) is 7.38. The molecule has 0 radical (unpaired) electrons. The van der Waals surface area contributed by atoms with Crippen molar-refractivity contribution in [2.75, 3.05) is 13.2 Å². The van der Waals surface area contributed by atoms with Crippen molar-refractivity contribution in [3.8, 4) is 0 Å². The first-order valence-electron chi connectivity index (χ1n) is 7.31. The third-order valence-corrected chi connectivity index (χ3v) is 3.77. The second-order valence-electron chi connectivity index (χ2n) is 7.38. The highest BCUT2D eigenvalue weighted by Crippen LogP contribution is 2.45. The fourth-order valence-electron chi connectivity index (χ4n) is 3.62. The highest BCUT2D eigenvalue weighted by Gasteiger charge is 2.38. The number of carbonyl (C=O) groups excluding carboxylic acids is 1. The number of nitrogens with one attached hydrogen (secondary N) is 1. The fourth-order valence-corrected chi connectivity index (χ4v) is 3.62. The van der Waals surface area contributed by atoms with Gasteiger partial charge in [-0.05, 0) is 37.0 Å². The molecule has 19 heavy (non-hydrogen) atoms. The molecule has 0 spiro atoms. The molecule has 1 fully saturated rings. The lowest BCUT2D eigenvalue weighted by molar-refractivity contribution is -0.144. The Bertz CT molecular complexity index is 297. The number of rotatable bonds is 5. The summed E-state index contributed by atoms with van der Waals surface area (Å²) < 4.78 is 4.92. The molecule has 0 aromatic heterocycles. The average molecular weight is 270 g/mol. The fraction of sp³-hybridized carbons (Fsp3) is 0.933.